The Labute approximate surface area is 107 Å². The van der Waals surface area contributed by atoms with Crippen molar-refractivity contribution in [1.82, 2.24) is 10.6 Å². The molecule has 1 aliphatic rings. The first-order valence-corrected chi connectivity index (χ1v) is 6.27. The van der Waals surface area contributed by atoms with Crippen LogP contribution in [0.1, 0.15) is 39.5 Å². The second-order valence-corrected chi connectivity index (χ2v) is 5.47. The van der Waals surface area contributed by atoms with Crippen LogP contribution in [0.2, 0.25) is 0 Å². The Bertz CT molecular complexity index is 313. The van der Waals surface area contributed by atoms with Crippen molar-refractivity contribution in [3.05, 3.63) is 0 Å². The summed E-state index contributed by atoms with van der Waals surface area (Å²) in [6.07, 6.45) is 3.05. The molecule has 0 aromatic carbocycles. The lowest BCUT2D eigenvalue weighted by molar-refractivity contribution is -0.141. The number of hydrogen-bond acceptors (Lipinski definition) is 3. The van der Waals surface area contributed by atoms with Gasteiger partial charge in [-0.1, -0.05) is 12.8 Å². The number of carboxylic acids is 1. The molecule has 2 unspecified atom stereocenters. The van der Waals surface area contributed by atoms with E-state index in [4.69, 9.17) is 5.11 Å². The van der Waals surface area contributed by atoms with Gasteiger partial charge in [-0.15, -0.1) is 0 Å². The third kappa shape index (κ3) is 6.44. The number of carbonyl (C=O) groups excluding carboxylic acids is 1. The van der Waals surface area contributed by atoms with Gasteiger partial charge in [0, 0.05) is 12.6 Å². The van der Waals surface area contributed by atoms with Crippen LogP contribution >= 0.6 is 0 Å². The molecule has 2 atom stereocenters. The van der Waals surface area contributed by atoms with Gasteiger partial charge < -0.3 is 20.8 Å². The molecule has 6 nitrogen and oxygen atoms in total. The number of carbonyl (C=O) groups is 2. The normalized spacial score (nSPS) is 19.7. The minimum Gasteiger partial charge on any atom is -0.481 e. The van der Waals surface area contributed by atoms with Crippen molar-refractivity contribution < 1.29 is 19.8 Å². The summed E-state index contributed by atoms with van der Waals surface area (Å²) in [6, 6.07) is -0.268. The Balaban J connectivity index is 2.20. The molecule has 0 radical (unpaired) electrons. The maximum absolute atomic E-state index is 11.5. The highest BCUT2D eigenvalue weighted by molar-refractivity contribution is 5.74. The molecule has 0 aromatic rings. The molecule has 6 heteroatoms. The maximum Gasteiger partial charge on any atom is 0.315 e. The second-order valence-electron chi connectivity index (χ2n) is 5.47. The van der Waals surface area contributed by atoms with Crippen LogP contribution in [0, 0.1) is 5.92 Å². The number of urea groups is 1. The van der Waals surface area contributed by atoms with Gasteiger partial charge in [0.25, 0.3) is 0 Å². The molecule has 1 fully saturated rings. The fourth-order valence-corrected chi connectivity index (χ4v) is 1.85. The average molecular weight is 258 g/mol. The van der Waals surface area contributed by atoms with Crippen LogP contribution in [0.15, 0.2) is 0 Å². The van der Waals surface area contributed by atoms with Crippen LogP contribution in [0.25, 0.3) is 0 Å². The maximum atomic E-state index is 11.5. The lowest BCUT2D eigenvalue weighted by Gasteiger charge is -2.22. The summed E-state index contributed by atoms with van der Waals surface area (Å²) in [5, 5.41) is 23.5. The van der Waals surface area contributed by atoms with Gasteiger partial charge in [0.1, 0.15) is 0 Å². The van der Waals surface area contributed by atoms with E-state index in [1.807, 2.05) is 6.92 Å². The van der Waals surface area contributed by atoms with Crippen molar-refractivity contribution in [2.75, 3.05) is 6.54 Å². The number of aliphatic carboxylic acids is 1. The Morgan fingerprint density at radius 2 is 2.06 bits per heavy atom. The van der Waals surface area contributed by atoms with Gasteiger partial charge in [-0.3, -0.25) is 4.79 Å². The van der Waals surface area contributed by atoms with Gasteiger partial charge in [-0.25, -0.2) is 4.79 Å². The lowest BCUT2D eigenvalue weighted by Crippen LogP contribution is -2.47. The highest BCUT2D eigenvalue weighted by atomic mass is 16.4. The first kappa shape index (κ1) is 14.8. The van der Waals surface area contributed by atoms with E-state index < -0.39 is 18.0 Å². The smallest absolute Gasteiger partial charge is 0.315 e. The number of aliphatic hydroxyl groups is 1. The van der Waals surface area contributed by atoms with Gasteiger partial charge in [0.15, 0.2) is 0 Å². The summed E-state index contributed by atoms with van der Waals surface area (Å²) in [6.45, 7) is 3.24. The molecule has 18 heavy (non-hydrogen) atoms. The number of carboxylic acid groups (broad SMARTS) is 1. The van der Waals surface area contributed by atoms with E-state index in [2.05, 4.69) is 10.6 Å². The molecule has 2 amide bonds. The highest BCUT2D eigenvalue weighted by Crippen LogP contribution is 2.33. The molecular weight excluding hydrogens is 236 g/mol. The summed E-state index contributed by atoms with van der Waals surface area (Å²) in [7, 11) is 0. The number of nitrogens with one attached hydrogen (secondary N) is 2. The standard InChI is InChI=1S/C12H22N2O4/c1-8(5-9-3-4-9)14-11(17)13-7-12(2,18)6-10(15)16/h8-9,18H,3-7H2,1-2H3,(H,15,16)(H2,13,14,17). The van der Waals surface area contributed by atoms with E-state index in [0.717, 1.165) is 12.3 Å². The number of amides is 2. The minimum absolute atomic E-state index is 0.0821. The summed E-state index contributed by atoms with van der Waals surface area (Å²) in [4.78, 5) is 22.0. The van der Waals surface area contributed by atoms with Gasteiger partial charge >= 0.3 is 12.0 Å². The molecule has 0 saturated heterocycles. The Hall–Kier alpha value is -1.30. The molecule has 0 aliphatic heterocycles. The van der Waals surface area contributed by atoms with Gasteiger partial charge in [-0.05, 0) is 26.2 Å². The Morgan fingerprint density at radius 1 is 1.44 bits per heavy atom. The third-order valence-corrected chi connectivity index (χ3v) is 2.92. The Morgan fingerprint density at radius 3 is 2.56 bits per heavy atom. The third-order valence-electron chi connectivity index (χ3n) is 2.92. The van der Waals surface area contributed by atoms with Crippen LogP contribution in [0.3, 0.4) is 0 Å². The summed E-state index contributed by atoms with van der Waals surface area (Å²) < 4.78 is 0. The van der Waals surface area contributed by atoms with E-state index in [1.54, 1.807) is 0 Å². The van der Waals surface area contributed by atoms with Crippen LogP contribution in [0.5, 0.6) is 0 Å². The van der Waals surface area contributed by atoms with E-state index in [0.29, 0.717) is 0 Å². The molecule has 1 saturated carbocycles. The van der Waals surface area contributed by atoms with E-state index >= 15 is 0 Å². The minimum atomic E-state index is -1.43. The quantitative estimate of drug-likeness (QED) is 0.540. The molecule has 1 rings (SSSR count). The summed E-state index contributed by atoms with van der Waals surface area (Å²) >= 11 is 0. The fraction of sp³-hybridized carbons (Fsp3) is 0.833. The molecule has 0 spiro atoms. The molecule has 0 bridgehead atoms. The zero-order chi connectivity index (χ0) is 13.8. The largest absolute Gasteiger partial charge is 0.481 e. The van der Waals surface area contributed by atoms with Crippen LogP contribution < -0.4 is 10.6 Å². The molecule has 4 N–H and O–H groups in total. The zero-order valence-corrected chi connectivity index (χ0v) is 10.9. The molecule has 0 heterocycles. The molecule has 1 aliphatic carbocycles. The van der Waals surface area contributed by atoms with Crippen molar-refractivity contribution in [3.63, 3.8) is 0 Å². The van der Waals surface area contributed by atoms with E-state index in [-0.39, 0.29) is 18.6 Å². The predicted molar refractivity (Wildman–Crippen MR) is 66.2 cm³/mol. The molecular formula is C12H22N2O4. The predicted octanol–water partition coefficient (Wildman–Crippen LogP) is 0.700. The Kier molecular flexibility index (Phi) is 4.95. The van der Waals surface area contributed by atoms with Gasteiger partial charge in [0.2, 0.25) is 0 Å². The van der Waals surface area contributed by atoms with Crippen molar-refractivity contribution in [1.29, 1.82) is 0 Å². The lowest BCUT2D eigenvalue weighted by atomic mass is 10.0. The number of hydrogen-bond donors (Lipinski definition) is 4. The SMILES string of the molecule is CC(CC1CC1)NC(=O)NCC(C)(O)CC(=O)O. The van der Waals surface area contributed by atoms with Gasteiger partial charge in [0.05, 0.1) is 12.0 Å². The first-order chi connectivity index (χ1) is 8.28. The van der Waals surface area contributed by atoms with Crippen molar-refractivity contribution in [2.45, 2.75) is 51.2 Å². The molecule has 0 aromatic heterocycles. The summed E-state index contributed by atoms with van der Waals surface area (Å²) in [5.41, 5.74) is -1.43. The van der Waals surface area contributed by atoms with Crippen molar-refractivity contribution in [2.24, 2.45) is 5.92 Å². The van der Waals surface area contributed by atoms with Crippen molar-refractivity contribution in [3.8, 4) is 0 Å². The monoisotopic (exact) mass is 258 g/mol. The second kappa shape index (κ2) is 6.04. The van der Waals surface area contributed by atoms with E-state index in [1.165, 1.54) is 19.8 Å². The molecule has 104 valence electrons. The van der Waals surface area contributed by atoms with Gasteiger partial charge in [-0.2, -0.15) is 0 Å². The topological polar surface area (TPSA) is 98.7 Å². The summed E-state index contributed by atoms with van der Waals surface area (Å²) in [5.74, 6) is -0.361. The number of rotatable bonds is 7. The zero-order valence-electron chi connectivity index (χ0n) is 10.9. The average Bonchev–Trinajstić information content (AvgIpc) is 2.96. The van der Waals surface area contributed by atoms with Crippen LogP contribution in [0.4, 0.5) is 4.79 Å². The van der Waals surface area contributed by atoms with Crippen molar-refractivity contribution >= 4 is 12.0 Å². The van der Waals surface area contributed by atoms with Crippen LogP contribution in [-0.4, -0.2) is 40.4 Å². The van der Waals surface area contributed by atoms with Crippen LogP contribution in [-0.2, 0) is 4.79 Å². The first-order valence-electron chi connectivity index (χ1n) is 6.27. The highest BCUT2D eigenvalue weighted by Gasteiger charge is 2.26. The fourth-order valence-electron chi connectivity index (χ4n) is 1.85. The van der Waals surface area contributed by atoms with E-state index in [9.17, 15) is 14.7 Å².